The van der Waals surface area contributed by atoms with Gasteiger partial charge < -0.3 is 37.6 Å². The Bertz CT molecular complexity index is 589. The Morgan fingerprint density at radius 3 is 2.04 bits per heavy atom. The molecule has 0 aliphatic rings. The maximum Gasteiger partial charge on any atom is 0.326 e. The minimum atomic E-state index is -1.41. The summed E-state index contributed by atoms with van der Waals surface area (Å²) in [5.41, 5.74) is 10.4. The molecule has 0 aromatic rings. The van der Waals surface area contributed by atoms with Gasteiger partial charge in [-0.1, -0.05) is 0 Å². The highest BCUT2D eigenvalue weighted by molar-refractivity contribution is 7.98. The van der Waals surface area contributed by atoms with Crippen molar-refractivity contribution < 1.29 is 34.2 Å². The average molecular weight is 421 g/mol. The molecule has 0 fully saturated rings. The molecule has 4 unspecified atom stereocenters. The normalized spacial score (nSPS) is 14.9. The van der Waals surface area contributed by atoms with Gasteiger partial charge in [0.25, 0.3) is 0 Å². The lowest BCUT2D eigenvalue weighted by Gasteiger charge is -2.22. The van der Waals surface area contributed by atoms with Crippen molar-refractivity contribution in [2.75, 3.05) is 18.6 Å². The second kappa shape index (κ2) is 12.9. The van der Waals surface area contributed by atoms with Gasteiger partial charge in [0.05, 0.1) is 19.1 Å². The summed E-state index contributed by atoms with van der Waals surface area (Å²) in [5.74, 6) is -4.03. The van der Waals surface area contributed by atoms with Crippen LogP contribution >= 0.6 is 11.8 Å². The van der Waals surface area contributed by atoms with Gasteiger partial charge in [0.15, 0.2) is 0 Å². The van der Waals surface area contributed by atoms with Gasteiger partial charge in [-0.25, -0.2) is 4.79 Å². The van der Waals surface area contributed by atoms with Crippen molar-refractivity contribution in [2.24, 2.45) is 11.5 Å². The lowest BCUT2D eigenvalue weighted by atomic mass is 10.1. The first kappa shape index (κ1) is 25.6. The van der Waals surface area contributed by atoms with Gasteiger partial charge in [-0.3, -0.25) is 19.2 Å². The third-order valence-electron chi connectivity index (χ3n) is 3.55. The number of primary amides is 1. The largest absolute Gasteiger partial charge is 0.480 e. The van der Waals surface area contributed by atoms with Crippen molar-refractivity contribution in [3.63, 3.8) is 0 Å². The molecule has 0 saturated heterocycles. The summed E-state index contributed by atoms with van der Waals surface area (Å²) in [6, 6.07) is -4.96. The fraction of sp³-hybridized carbons (Fsp3) is 0.667. The monoisotopic (exact) mass is 421 g/mol. The minimum absolute atomic E-state index is 0.165. The third kappa shape index (κ3) is 9.53. The smallest absolute Gasteiger partial charge is 0.326 e. The Hall–Kier alpha value is -2.38. The summed E-state index contributed by atoms with van der Waals surface area (Å²) in [6.45, 7) is 0.517. The summed E-state index contributed by atoms with van der Waals surface area (Å²) >= 11 is 1.40. The van der Waals surface area contributed by atoms with E-state index in [2.05, 4.69) is 16.0 Å². The molecule has 0 bridgehead atoms. The number of nitrogens with one attached hydrogen (secondary N) is 3. The Balaban J connectivity index is 4.79. The van der Waals surface area contributed by atoms with Gasteiger partial charge in [0, 0.05) is 0 Å². The van der Waals surface area contributed by atoms with Crippen molar-refractivity contribution in [3.05, 3.63) is 0 Å². The molecule has 12 nitrogen and oxygen atoms in total. The summed E-state index contributed by atoms with van der Waals surface area (Å²) < 4.78 is 0. The molecular weight excluding hydrogens is 394 g/mol. The highest BCUT2D eigenvalue weighted by Crippen LogP contribution is 2.02. The zero-order chi connectivity index (χ0) is 21.9. The molecule has 4 atom stereocenters. The van der Waals surface area contributed by atoms with Gasteiger partial charge in [-0.05, 0) is 25.4 Å². The summed E-state index contributed by atoms with van der Waals surface area (Å²) in [6.07, 6.45) is 1.54. The van der Waals surface area contributed by atoms with Crippen LogP contribution in [0.1, 0.15) is 19.8 Å². The standard InChI is InChI=1S/C15H27N5O7S/c1-7(18-13(24)8(16)5-11(17)22)12(23)20-10(6-21)14(25)19-9(15(26)27)3-4-28-2/h7-10,21H,3-6,16H2,1-2H3,(H2,17,22)(H,18,24)(H,19,25)(H,20,23)(H,26,27). The number of thioether (sulfide) groups is 1. The number of carbonyl (C=O) groups excluding carboxylic acids is 4. The lowest BCUT2D eigenvalue weighted by molar-refractivity contribution is -0.142. The van der Waals surface area contributed by atoms with E-state index in [0.29, 0.717) is 5.75 Å². The molecule has 0 aromatic carbocycles. The fourth-order valence-corrected chi connectivity index (χ4v) is 2.42. The molecule has 0 aromatic heterocycles. The van der Waals surface area contributed by atoms with Gasteiger partial charge in [0.1, 0.15) is 18.1 Å². The summed E-state index contributed by atoms with van der Waals surface area (Å²) in [7, 11) is 0. The first-order chi connectivity index (χ1) is 13.0. The molecule has 0 radical (unpaired) electrons. The number of aliphatic hydroxyl groups is 1. The molecule has 160 valence electrons. The number of hydrogen-bond donors (Lipinski definition) is 7. The van der Waals surface area contributed by atoms with Gasteiger partial charge >= 0.3 is 5.97 Å². The molecule has 9 N–H and O–H groups in total. The zero-order valence-corrected chi connectivity index (χ0v) is 16.5. The van der Waals surface area contributed by atoms with E-state index in [1.54, 1.807) is 6.26 Å². The van der Waals surface area contributed by atoms with E-state index in [4.69, 9.17) is 16.6 Å². The molecule has 0 aliphatic heterocycles. The van der Waals surface area contributed by atoms with E-state index in [-0.39, 0.29) is 6.42 Å². The van der Waals surface area contributed by atoms with Crippen molar-refractivity contribution in [1.82, 2.24) is 16.0 Å². The Labute approximate surface area is 166 Å². The quantitative estimate of drug-likeness (QED) is 0.157. The van der Waals surface area contributed by atoms with Crippen LogP contribution in [0.4, 0.5) is 0 Å². The topological polar surface area (TPSA) is 214 Å². The van der Waals surface area contributed by atoms with Crippen LogP contribution in [-0.4, -0.2) is 82.6 Å². The van der Waals surface area contributed by atoms with E-state index in [9.17, 15) is 29.1 Å². The van der Waals surface area contributed by atoms with Crippen LogP contribution in [0, 0.1) is 0 Å². The number of amides is 4. The van der Waals surface area contributed by atoms with Crippen LogP contribution in [0.25, 0.3) is 0 Å². The van der Waals surface area contributed by atoms with Gasteiger partial charge in [-0.2, -0.15) is 11.8 Å². The first-order valence-electron chi connectivity index (χ1n) is 8.31. The van der Waals surface area contributed by atoms with Crippen molar-refractivity contribution in [1.29, 1.82) is 0 Å². The molecular formula is C15H27N5O7S. The third-order valence-corrected chi connectivity index (χ3v) is 4.19. The van der Waals surface area contributed by atoms with E-state index in [1.165, 1.54) is 18.7 Å². The minimum Gasteiger partial charge on any atom is -0.480 e. The van der Waals surface area contributed by atoms with E-state index in [0.717, 1.165) is 0 Å². The number of carboxylic acid groups (broad SMARTS) is 1. The molecule has 28 heavy (non-hydrogen) atoms. The fourth-order valence-electron chi connectivity index (χ4n) is 1.95. The average Bonchev–Trinajstić information content (AvgIpc) is 2.61. The maximum atomic E-state index is 12.1. The molecule has 13 heteroatoms. The van der Waals surface area contributed by atoms with Gasteiger partial charge in [-0.15, -0.1) is 0 Å². The first-order valence-corrected chi connectivity index (χ1v) is 9.70. The van der Waals surface area contributed by atoms with E-state index >= 15 is 0 Å². The number of carbonyl (C=O) groups is 5. The van der Waals surface area contributed by atoms with Crippen molar-refractivity contribution in [2.45, 2.75) is 43.9 Å². The molecule has 0 aliphatic carbocycles. The van der Waals surface area contributed by atoms with Crippen LogP contribution in [-0.2, 0) is 24.0 Å². The van der Waals surface area contributed by atoms with E-state index < -0.39 is 66.8 Å². The molecule has 0 rings (SSSR count). The number of aliphatic hydroxyl groups excluding tert-OH is 1. The predicted molar refractivity (Wildman–Crippen MR) is 101 cm³/mol. The molecule has 4 amide bonds. The number of aliphatic carboxylic acids is 1. The highest BCUT2D eigenvalue weighted by atomic mass is 32.2. The SMILES string of the molecule is CSCCC(NC(=O)C(CO)NC(=O)C(C)NC(=O)C(N)CC(N)=O)C(=O)O. The number of hydrogen-bond acceptors (Lipinski definition) is 8. The highest BCUT2D eigenvalue weighted by Gasteiger charge is 2.28. The second-order valence-corrected chi connectivity index (χ2v) is 6.92. The Morgan fingerprint density at radius 1 is 1.00 bits per heavy atom. The van der Waals surface area contributed by atoms with Crippen LogP contribution in [0.3, 0.4) is 0 Å². The summed E-state index contributed by atoms with van der Waals surface area (Å²) in [5, 5.41) is 25.2. The van der Waals surface area contributed by atoms with Crippen molar-refractivity contribution in [3.8, 4) is 0 Å². The summed E-state index contributed by atoms with van der Waals surface area (Å²) in [4.78, 5) is 58.0. The van der Waals surface area contributed by atoms with Crippen LogP contribution in [0.5, 0.6) is 0 Å². The lowest BCUT2D eigenvalue weighted by Crippen LogP contribution is -2.57. The van der Waals surface area contributed by atoms with Crippen molar-refractivity contribution >= 4 is 41.4 Å². The van der Waals surface area contributed by atoms with E-state index in [1.807, 2.05) is 0 Å². The zero-order valence-electron chi connectivity index (χ0n) is 15.6. The number of rotatable bonds is 13. The van der Waals surface area contributed by atoms with Crippen LogP contribution in [0.15, 0.2) is 0 Å². The molecule has 0 saturated carbocycles. The maximum absolute atomic E-state index is 12.1. The van der Waals surface area contributed by atoms with Crippen LogP contribution in [0.2, 0.25) is 0 Å². The Kier molecular flexibility index (Phi) is 11.8. The van der Waals surface area contributed by atoms with Crippen LogP contribution < -0.4 is 27.4 Å². The number of carboxylic acids is 1. The molecule has 0 heterocycles. The second-order valence-electron chi connectivity index (χ2n) is 5.93. The predicted octanol–water partition coefficient (Wildman–Crippen LogP) is -3.51. The number of nitrogens with two attached hydrogens (primary N) is 2. The Morgan fingerprint density at radius 2 is 1.57 bits per heavy atom. The van der Waals surface area contributed by atoms with Gasteiger partial charge in [0.2, 0.25) is 23.6 Å². The molecule has 0 spiro atoms.